The minimum atomic E-state index is -0.490. The Labute approximate surface area is 167 Å². The number of aromatic amines is 1. The van der Waals surface area contributed by atoms with E-state index in [1.165, 1.54) is 6.20 Å². The van der Waals surface area contributed by atoms with Gasteiger partial charge in [-0.2, -0.15) is 5.26 Å². The van der Waals surface area contributed by atoms with Crippen LogP contribution in [-0.2, 0) is 0 Å². The van der Waals surface area contributed by atoms with Crippen molar-refractivity contribution in [3.05, 3.63) is 47.9 Å². The Bertz CT molecular complexity index is 1120. The minimum absolute atomic E-state index is 0.205. The van der Waals surface area contributed by atoms with Crippen LogP contribution >= 0.6 is 0 Å². The number of fused-ring (bicyclic) bond motifs is 3. The molecule has 2 bridgehead atoms. The van der Waals surface area contributed by atoms with Crippen molar-refractivity contribution in [1.29, 1.82) is 5.26 Å². The first-order valence-electron chi connectivity index (χ1n) is 9.81. The van der Waals surface area contributed by atoms with E-state index in [0.29, 0.717) is 23.2 Å². The summed E-state index contributed by atoms with van der Waals surface area (Å²) in [6.07, 6.45) is 9.05. The van der Waals surface area contributed by atoms with Crippen molar-refractivity contribution in [2.45, 2.75) is 43.8 Å². The van der Waals surface area contributed by atoms with Crippen molar-refractivity contribution in [3.63, 3.8) is 0 Å². The molecule has 3 aromatic heterocycles. The van der Waals surface area contributed by atoms with E-state index in [1.807, 2.05) is 18.3 Å². The van der Waals surface area contributed by atoms with Crippen LogP contribution in [0.15, 0.2) is 36.8 Å². The lowest BCUT2D eigenvalue weighted by atomic mass is 9.96. The van der Waals surface area contributed by atoms with Gasteiger partial charge in [0.15, 0.2) is 0 Å². The Morgan fingerprint density at radius 2 is 2.07 bits per heavy atom. The quantitative estimate of drug-likeness (QED) is 0.632. The van der Waals surface area contributed by atoms with Gasteiger partial charge in [0.05, 0.1) is 16.8 Å². The maximum Gasteiger partial charge on any atom is 0.252 e. The first-order valence-corrected chi connectivity index (χ1v) is 9.81. The van der Waals surface area contributed by atoms with Gasteiger partial charge in [-0.05, 0) is 43.9 Å². The van der Waals surface area contributed by atoms with Crippen molar-refractivity contribution in [2.24, 2.45) is 5.73 Å². The highest BCUT2D eigenvalue weighted by Crippen LogP contribution is 2.41. The number of H-pyrrole nitrogens is 1. The fourth-order valence-corrected chi connectivity index (χ4v) is 4.89. The third kappa shape index (κ3) is 2.86. The molecular formula is C21H21N7O. The SMILES string of the molecule is N#Cc1cccnc1N1[C@@H]2CC[C@H]1CC(Nc1c(C(N)=O)cnc3[nH]ccc13)C2. The zero-order valence-corrected chi connectivity index (χ0v) is 15.8. The van der Waals surface area contributed by atoms with Gasteiger partial charge in [0.25, 0.3) is 5.91 Å². The third-order valence-electron chi connectivity index (χ3n) is 6.09. The molecular weight excluding hydrogens is 366 g/mol. The van der Waals surface area contributed by atoms with Crippen molar-refractivity contribution in [2.75, 3.05) is 10.2 Å². The predicted octanol–water partition coefficient (Wildman–Crippen LogP) is 2.54. The number of nitrogens with one attached hydrogen (secondary N) is 2. The zero-order chi connectivity index (χ0) is 20.0. The molecule has 3 aromatic rings. The summed E-state index contributed by atoms with van der Waals surface area (Å²) in [5, 5.41) is 13.9. The lowest BCUT2D eigenvalue weighted by molar-refractivity contribution is 0.100. The van der Waals surface area contributed by atoms with E-state index in [4.69, 9.17) is 5.73 Å². The first kappa shape index (κ1) is 17.5. The van der Waals surface area contributed by atoms with Gasteiger partial charge in [-0.3, -0.25) is 4.79 Å². The van der Waals surface area contributed by atoms with E-state index in [1.54, 1.807) is 12.3 Å². The molecule has 4 N–H and O–H groups in total. The van der Waals surface area contributed by atoms with Crippen molar-refractivity contribution >= 4 is 28.4 Å². The van der Waals surface area contributed by atoms with E-state index >= 15 is 0 Å². The van der Waals surface area contributed by atoms with Gasteiger partial charge in [-0.25, -0.2) is 9.97 Å². The lowest BCUT2D eigenvalue weighted by Gasteiger charge is -2.40. The number of nitrogens with zero attached hydrogens (tertiary/aromatic N) is 4. The molecule has 0 saturated carbocycles. The van der Waals surface area contributed by atoms with Crippen LogP contribution in [0.3, 0.4) is 0 Å². The topological polar surface area (TPSA) is 124 Å². The normalized spacial score (nSPS) is 23.1. The van der Waals surface area contributed by atoms with E-state index in [2.05, 4.69) is 31.2 Å². The van der Waals surface area contributed by atoms with Crippen LogP contribution in [0.5, 0.6) is 0 Å². The second-order valence-electron chi connectivity index (χ2n) is 7.74. The highest BCUT2D eigenvalue weighted by Gasteiger charge is 2.42. The average Bonchev–Trinajstić information content (AvgIpc) is 3.30. The maximum atomic E-state index is 12.0. The molecule has 2 saturated heterocycles. The Hall–Kier alpha value is -3.60. The number of rotatable bonds is 4. The Morgan fingerprint density at radius 3 is 2.79 bits per heavy atom. The standard InChI is InChI=1S/C21H21N7O/c22-10-12-2-1-6-25-21(12)28-14-3-4-15(28)9-13(8-14)27-18-16-5-7-24-20(16)26-11-17(18)19(23)29/h1-2,5-7,11,13-15H,3-4,8-9H2,(H2,23,29)(H2,24,26,27)/t13?,14-,15+. The summed E-state index contributed by atoms with van der Waals surface area (Å²) in [4.78, 5) is 26.2. The molecule has 29 heavy (non-hydrogen) atoms. The van der Waals surface area contributed by atoms with Crippen LogP contribution in [-0.4, -0.2) is 39.0 Å². The molecule has 5 rings (SSSR count). The summed E-state index contributed by atoms with van der Waals surface area (Å²) in [6, 6.07) is 8.64. The molecule has 5 heterocycles. The molecule has 8 heteroatoms. The van der Waals surface area contributed by atoms with Crippen molar-refractivity contribution in [3.8, 4) is 6.07 Å². The lowest BCUT2D eigenvalue weighted by Crippen LogP contribution is -2.47. The molecule has 0 spiro atoms. The Morgan fingerprint density at radius 1 is 1.28 bits per heavy atom. The molecule has 1 amide bonds. The van der Waals surface area contributed by atoms with Crippen LogP contribution in [0.4, 0.5) is 11.5 Å². The maximum absolute atomic E-state index is 12.0. The second kappa shape index (κ2) is 6.78. The third-order valence-corrected chi connectivity index (χ3v) is 6.09. The van der Waals surface area contributed by atoms with Gasteiger partial charge in [0, 0.05) is 42.1 Å². The number of hydrogen-bond donors (Lipinski definition) is 3. The summed E-state index contributed by atoms with van der Waals surface area (Å²) >= 11 is 0. The second-order valence-corrected chi connectivity index (χ2v) is 7.74. The van der Waals surface area contributed by atoms with E-state index in [9.17, 15) is 10.1 Å². The number of aromatic nitrogens is 3. The minimum Gasteiger partial charge on any atom is -0.381 e. The summed E-state index contributed by atoms with van der Waals surface area (Å²) in [7, 11) is 0. The van der Waals surface area contributed by atoms with Crippen molar-refractivity contribution in [1.82, 2.24) is 15.0 Å². The molecule has 8 nitrogen and oxygen atoms in total. The fraction of sp³-hybridized carbons (Fsp3) is 0.333. The molecule has 2 fully saturated rings. The summed E-state index contributed by atoms with van der Waals surface area (Å²) in [5.41, 5.74) is 8.10. The van der Waals surface area contributed by atoms with Gasteiger partial charge in [-0.15, -0.1) is 0 Å². The van der Waals surface area contributed by atoms with Crippen molar-refractivity contribution < 1.29 is 4.79 Å². The number of carbonyl (C=O) groups is 1. The molecule has 0 aliphatic carbocycles. The van der Waals surface area contributed by atoms with E-state index in [0.717, 1.165) is 48.2 Å². The number of carbonyl (C=O) groups excluding carboxylic acids is 1. The van der Waals surface area contributed by atoms with Gasteiger partial charge in [0.1, 0.15) is 17.5 Å². The number of anilines is 2. The summed E-state index contributed by atoms with van der Waals surface area (Å²) in [6.45, 7) is 0. The van der Waals surface area contributed by atoms with Crippen LogP contribution in [0.2, 0.25) is 0 Å². The number of nitrogens with two attached hydrogens (primary N) is 1. The molecule has 146 valence electrons. The highest BCUT2D eigenvalue weighted by molar-refractivity contribution is 6.06. The van der Waals surface area contributed by atoms with Crippen LogP contribution < -0.4 is 16.0 Å². The summed E-state index contributed by atoms with van der Waals surface area (Å²) in [5.74, 6) is 0.298. The van der Waals surface area contributed by atoms with Gasteiger partial charge in [0.2, 0.25) is 0 Å². The number of primary amides is 1. The molecule has 0 radical (unpaired) electrons. The monoisotopic (exact) mass is 387 g/mol. The summed E-state index contributed by atoms with van der Waals surface area (Å²) < 4.78 is 0. The smallest absolute Gasteiger partial charge is 0.252 e. The predicted molar refractivity (Wildman–Crippen MR) is 109 cm³/mol. The number of hydrogen-bond acceptors (Lipinski definition) is 6. The van der Waals surface area contributed by atoms with Crippen LogP contribution in [0.25, 0.3) is 11.0 Å². The number of amides is 1. The van der Waals surface area contributed by atoms with Gasteiger partial charge in [-0.1, -0.05) is 0 Å². The molecule has 1 unspecified atom stereocenters. The highest BCUT2D eigenvalue weighted by atomic mass is 16.1. The molecule has 0 aromatic carbocycles. The first-order chi connectivity index (χ1) is 14.2. The average molecular weight is 387 g/mol. The van der Waals surface area contributed by atoms with Crippen LogP contribution in [0, 0.1) is 11.3 Å². The van der Waals surface area contributed by atoms with Gasteiger partial charge < -0.3 is 20.9 Å². The Kier molecular flexibility index (Phi) is 4.09. The largest absolute Gasteiger partial charge is 0.381 e. The van der Waals surface area contributed by atoms with E-state index in [-0.39, 0.29) is 6.04 Å². The van der Waals surface area contributed by atoms with E-state index < -0.39 is 5.91 Å². The Balaban J connectivity index is 1.44. The molecule has 2 aliphatic heterocycles. The van der Waals surface area contributed by atoms with Crippen LogP contribution in [0.1, 0.15) is 41.6 Å². The number of piperidine rings is 1. The number of nitriles is 1. The zero-order valence-electron chi connectivity index (χ0n) is 15.8. The molecule has 3 atom stereocenters. The number of pyridine rings is 2. The molecule has 2 aliphatic rings. The van der Waals surface area contributed by atoms with Gasteiger partial charge >= 0.3 is 0 Å². The fourth-order valence-electron chi connectivity index (χ4n) is 4.89.